The summed E-state index contributed by atoms with van der Waals surface area (Å²) in [6.07, 6.45) is 0.499. The number of carbonyl (C=O) groups is 1. The predicted molar refractivity (Wildman–Crippen MR) is 81.3 cm³/mol. The van der Waals surface area contributed by atoms with Gasteiger partial charge in [0.15, 0.2) is 0 Å². The second-order valence-corrected chi connectivity index (χ2v) is 4.80. The summed E-state index contributed by atoms with van der Waals surface area (Å²) in [5, 5.41) is 6.05. The van der Waals surface area contributed by atoms with Gasteiger partial charge in [-0.1, -0.05) is 6.92 Å². The van der Waals surface area contributed by atoms with Crippen LogP contribution in [0.4, 0.5) is 11.4 Å². The Morgan fingerprint density at radius 3 is 2.60 bits per heavy atom. The fourth-order valence-electron chi connectivity index (χ4n) is 2.18. The lowest BCUT2D eigenvalue weighted by Gasteiger charge is -2.28. The number of rotatable bonds is 6. The molecular formula is C15H23N3O2. The first-order valence-electron chi connectivity index (χ1n) is 7.23. The molecule has 0 aliphatic carbocycles. The minimum absolute atomic E-state index is 0.0464. The second kappa shape index (κ2) is 7.87. The molecule has 5 nitrogen and oxygen atoms in total. The van der Waals surface area contributed by atoms with Gasteiger partial charge < -0.3 is 20.3 Å². The van der Waals surface area contributed by atoms with Crippen molar-refractivity contribution in [3.63, 3.8) is 0 Å². The Kier molecular flexibility index (Phi) is 5.83. The number of hydrogen-bond acceptors (Lipinski definition) is 4. The minimum atomic E-state index is 0.0464. The lowest BCUT2D eigenvalue weighted by Crippen LogP contribution is -2.36. The molecule has 2 rings (SSSR count). The summed E-state index contributed by atoms with van der Waals surface area (Å²) in [6.45, 7) is 7.05. The third-order valence-electron chi connectivity index (χ3n) is 3.31. The molecule has 1 amide bonds. The van der Waals surface area contributed by atoms with E-state index in [1.165, 1.54) is 5.69 Å². The van der Waals surface area contributed by atoms with Crippen molar-refractivity contribution in [2.75, 3.05) is 49.6 Å². The Morgan fingerprint density at radius 1 is 1.25 bits per heavy atom. The van der Waals surface area contributed by atoms with Crippen LogP contribution in [0.3, 0.4) is 0 Å². The summed E-state index contributed by atoms with van der Waals surface area (Å²) in [5.41, 5.74) is 2.03. The van der Waals surface area contributed by atoms with E-state index in [0.717, 1.165) is 38.5 Å². The maximum absolute atomic E-state index is 11.7. The number of benzene rings is 1. The van der Waals surface area contributed by atoms with E-state index in [1.54, 1.807) is 0 Å². The molecule has 1 aromatic carbocycles. The van der Waals surface area contributed by atoms with Crippen molar-refractivity contribution in [1.82, 2.24) is 5.32 Å². The van der Waals surface area contributed by atoms with Gasteiger partial charge in [0.25, 0.3) is 0 Å². The highest BCUT2D eigenvalue weighted by Crippen LogP contribution is 2.19. The zero-order valence-electron chi connectivity index (χ0n) is 12.0. The zero-order chi connectivity index (χ0) is 14.2. The van der Waals surface area contributed by atoms with Crippen LogP contribution in [-0.4, -0.2) is 45.3 Å². The summed E-state index contributed by atoms with van der Waals surface area (Å²) in [5.74, 6) is 0.0464. The Labute approximate surface area is 120 Å². The molecule has 0 saturated carbocycles. The molecule has 0 unspecified atom stereocenters. The zero-order valence-corrected chi connectivity index (χ0v) is 12.0. The molecule has 110 valence electrons. The molecule has 1 aromatic rings. The number of morpholine rings is 1. The van der Waals surface area contributed by atoms with Gasteiger partial charge in [-0.3, -0.25) is 4.79 Å². The van der Waals surface area contributed by atoms with E-state index in [0.29, 0.717) is 13.0 Å². The van der Waals surface area contributed by atoms with Crippen molar-refractivity contribution in [2.45, 2.75) is 13.3 Å². The maximum atomic E-state index is 11.7. The Hall–Kier alpha value is -1.59. The minimum Gasteiger partial charge on any atom is -0.378 e. The molecule has 5 heteroatoms. The molecule has 0 atom stereocenters. The summed E-state index contributed by atoms with van der Waals surface area (Å²) in [6, 6.07) is 8.00. The van der Waals surface area contributed by atoms with Crippen LogP contribution in [0.5, 0.6) is 0 Å². The molecular weight excluding hydrogens is 254 g/mol. The number of anilines is 2. The van der Waals surface area contributed by atoms with Crippen LogP contribution in [0.2, 0.25) is 0 Å². The molecule has 0 bridgehead atoms. The van der Waals surface area contributed by atoms with Crippen LogP contribution in [0.1, 0.15) is 13.3 Å². The largest absolute Gasteiger partial charge is 0.378 e. The molecule has 0 radical (unpaired) electrons. The third-order valence-corrected chi connectivity index (χ3v) is 3.31. The van der Waals surface area contributed by atoms with Gasteiger partial charge in [-0.05, 0) is 30.8 Å². The highest BCUT2D eigenvalue weighted by molar-refractivity contribution is 5.91. The fraction of sp³-hybridized carbons (Fsp3) is 0.533. The normalized spacial score (nSPS) is 15.2. The monoisotopic (exact) mass is 277 g/mol. The Bertz CT molecular complexity index is 414. The van der Waals surface area contributed by atoms with Gasteiger partial charge in [0.05, 0.1) is 13.2 Å². The first-order chi connectivity index (χ1) is 9.79. The summed E-state index contributed by atoms with van der Waals surface area (Å²) < 4.78 is 5.34. The van der Waals surface area contributed by atoms with E-state index in [1.807, 2.05) is 31.2 Å². The number of ether oxygens (including phenoxy) is 1. The number of nitrogens with one attached hydrogen (secondary N) is 2. The average Bonchev–Trinajstić information content (AvgIpc) is 2.49. The summed E-state index contributed by atoms with van der Waals surface area (Å²) in [4.78, 5) is 14.0. The number of carbonyl (C=O) groups excluding carboxylic acids is 1. The topological polar surface area (TPSA) is 53.6 Å². The van der Waals surface area contributed by atoms with E-state index in [9.17, 15) is 4.79 Å². The third kappa shape index (κ3) is 4.51. The second-order valence-electron chi connectivity index (χ2n) is 4.80. The van der Waals surface area contributed by atoms with Gasteiger partial charge in [-0.2, -0.15) is 0 Å². The first-order valence-corrected chi connectivity index (χ1v) is 7.23. The number of amides is 1. The molecule has 0 spiro atoms. The molecule has 0 aromatic heterocycles. The van der Waals surface area contributed by atoms with Crippen molar-refractivity contribution in [1.29, 1.82) is 0 Å². The standard InChI is InChI=1S/C15H23N3O2/c1-2-16-8-7-15(19)17-13-3-5-14(6-4-13)18-9-11-20-12-10-18/h3-6,16H,2,7-12H2,1H3,(H,17,19). The van der Waals surface area contributed by atoms with Gasteiger partial charge in [0.1, 0.15) is 0 Å². The molecule has 1 fully saturated rings. The predicted octanol–water partition coefficient (Wildman–Crippen LogP) is 1.46. The smallest absolute Gasteiger partial charge is 0.225 e. The highest BCUT2D eigenvalue weighted by atomic mass is 16.5. The summed E-state index contributed by atoms with van der Waals surface area (Å²) in [7, 11) is 0. The van der Waals surface area contributed by atoms with Crippen LogP contribution >= 0.6 is 0 Å². The van der Waals surface area contributed by atoms with Crippen LogP contribution in [0, 0.1) is 0 Å². The van der Waals surface area contributed by atoms with E-state index in [4.69, 9.17) is 4.74 Å². The van der Waals surface area contributed by atoms with Gasteiger partial charge >= 0.3 is 0 Å². The molecule has 1 heterocycles. The van der Waals surface area contributed by atoms with Gasteiger partial charge in [0, 0.05) is 37.4 Å². The number of nitrogens with zero attached hydrogens (tertiary/aromatic N) is 1. The van der Waals surface area contributed by atoms with Gasteiger partial charge in [-0.25, -0.2) is 0 Å². The van der Waals surface area contributed by atoms with Crippen molar-refractivity contribution in [3.8, 4) is 0 Å². The van der Waals surface area contributed by atoms with Crippen LogP contribution in [0.25, 0.3) is 0 Å². The molecule has 20 heavy (non-hydrogen) atoms. The van der Waals surface area contributed by atoms with Crippen molar-refractivity contribution in [3.05, 3.63) is 24.3 Å². The number of hydrogen-bond donors (Lipinski definition) is 2. The molecule has 1 aliphatic rings. The maximum Gasteiger partial charge on any atom is 0.225 e. The SMILES string of the molecule is CCNCCC(=O)Nc1ccc(N2CCOCC2)cc1. The van der Waals surface area contributed by atoms with Crippen LogP contribution < -0.4 is 15.5 Å². The Balaban J connectivity index is 1.83. The lowest BCUT2D eigenvalue weighted by molar-refractivity contribution is -0.116. The van der Waals surface area contributed by atoms with Crippen molar-refractivity contribution >= 4 is 17.3 Å². The fourth-order valence-corrected chi connectivity index (χ4v) is 2.18. The van der Waals surface area contributed by atoms with E-state index < -0.39 is 0 Å². The van der Waals surface area contributed by atoms with Gasteiger partial charge in [-0.15, -0.1) is 0 Å². The Morgan fingerprint density at radius 2 is 1.95 bits per heavy atom. The summed E-state index contributed by atoms with van der Waals surface area (Å²) >= 11 is 0. The van der Waals surface area contributed by atoms with Crippen molar-refractivity contribution in [2.24, 2.45) is 0 Å². The quantitative estimate of drug-likeness (QED) is 0.773. The lowest BCUT2D eigenvalue weighted by atomic mass is 10.2. The van der Waals surface area contributed by atoms with E-state index in [2.05, 4.69) is 15.5 Å². The van der Waals surface area contributed by atoms with Gasteiger partial charge in [0.2, 0.25) is 5.91 Å². The highest BCUT2D eigenvalue weighted by Gasteiger charge is 2.11. The van der Waals surface area contributed by atoms with Crippen molar-refractivity contribution < 1.29 is 9.53 Å². The first kappa shape index (κ1) is 14.8. The molecule has 1 aliphatic heterocycles. The van der Waals surface area contributed by atoms with E-state index in [-0.39, 0.29) is 5.91 Å². The van der Waals surface area contributed by atoms with Crippen LogP contribution in [-0.2, 0) is 9.53 Å². The average molecular weight is 277 g/mol. The van der Waals surface area contributed by atoms with Crippen LogP contribution in [0.15, 0.2) is 24.3 Å². The molecule has 2 N–H and O–H groups in total. The van der Waals surface area contributed by atoms with E-state index >= 15 is 0 Å². The molecule has 1 saturated heterocycles.